The largest absolute Gasteiger partial charge is 0.317 e. The molecule has 2 heteroatoms. The van der Waals surface area contributed by atoms with Gasteiger partial charge < -0.3 is 5.32 Å². The van der Waals surface area contributed by atoms with Crippen molar-refractivity contribution < 1.29 is 32.7 Å². The molecule has 0 atom stereocenters. The summed E-state index contributed by atoms with van der Waals surface area (Å²) in [4.78, 5) is 0. The zero-order valence-corrected chi connectivity index (χ0v) is 11.9. The number of benzene rings is 1. The van der Waals surface area contributed by atoms with Crippen LogP contribution in [-0.2, 0) is 32.7 Å². The van der Waals surface area contributed by atoms with Gasteiger partial charge in [0.1, 0.15) is 0 Å². The van der Waals surface area contributed by atoms with E-state index in [1.807, 2.05) is 6.07 Å². The minimum absolute atomic E-state index is 0. The summed E-state index contributed by atoms with van der Waals surface area (Å²) in [5, 5.41) is 3.38. The fraction of sp³-hybridized carbons (Fsp3) is 0.385. The monoisotopic (exact) mass is 276 g/mol. The van der Waals surface area contributed by atoms with Crippen molar-refractivity contribution in [2.24, 2.45) is 5.92 Å². The van der Waals surface area contributed by atoms with Crippen LogP contribution in [0.1, 0.15) is 24.0 Å². The molecule has 0 aromatic heterocycles. The summed E-state index contributed by atoms with van der Waals surface area (Å²) in [5.74, 6) is 0.735. The molecule has 0 unspecified atom stereocenters. The van der Waals surface area contributed by atoms with Gasteiger partial charge in [0, 0.05) is 32.7 Å². The molecule has 1 aliphatic rings. The first-order chi connectivity index (χ1) is 6.86. The Morgan fingerprint density at radius 1 is 1.20 bits per heavy atom. The van der Waals surface area contributed by atoms with E-state index < -0.39 is 0 Å². The molecule has 1 N–H and O–H groups in total. The Bertz CT molecular complexity index is 292. The normalized spacial score (nSPS) is 16.8. The van der Waals surface area contributed by atoms with Gasteiger partial charge in [0.15, 0.2) is 0 Å². The molecule has 0 bridgehead atoms. The molecule has 1 radical (unpaired) electrons. The number of hydrogen-bond acceptors (Lipinski definition) is 1. The van der Waals surface area contributed by atoms with Gasteiger partial charge >= 0.3 is 0 Å². The average molecular weight is 276 g/mol. The summed E-state index contributed by atoms with van der Waals surface area (Å²) >= 11 is 0. The van der Waals surface area contributed by atoms with E-state index in [-0.39, 0.29) is 32.7 Å². The van der Waals surface area contributed by atoms with Crippen LogP contribution in [0.4, 0.5) is 0 Å². The zero-order chi connectivity index (χ0) is 9.80. The Kier molecular flexibility index (Phi) is 5.74. The zero-order valence-electron chi connectivity index (χ0n) is 9.08. The molecule has 1 nitrogen and oxygen atoms in total. The van der Waals surface area contributed by atoms with Crippen molar-refractivity contribution in [3.8, 4) is 0 Å². The molecule has 0 saturated carbocycles. The van der Waals surface area contributed by atoms with Gasteiger partial charge in [-0.15, -0.1) is 12.1 Å². The molecule has 2 rings (SSSR count). The summed E-state index contributed by atoms with van der Waals surface area (Å²) in [6.07, 6.45) is 4.89. The van der Waals surface area contributed by atoms with Crippen LogP contribution in [0.3, 0.4) is 0 Å². The third kappa shape index (κ3) is 3.82. The van der Waals surface area contributed by atoms with Crippen molar-refractivity contribution in [1.29, 1.82) is 0 Å². The first-order valence-electron chi connectivity index (χ1n) is 5.33. The Morgan fingerprint density at radius 2 is 1.87 bits per heavy atom. The SMILES string of the molecule is [CH2-]c1ccccc1[CH-]C1CCNCC1.[Y]. The molecule has 1 saturated heterocycles. The van der Waals surface area contributed by atoms with Crippen LogP contribution in [0.25, 0.3) is 0 Å². The first kappa shape index (κ1) is 13.1. The molecule has 0 spiro atoms. The fourth-order valence-corrected chi connectivity index (χ4v) is 1.96. The standard InChI is InChI=1S/C13H17N.Y/c1-11-4-2-3-5-13(11)10-12-6-8-14-9-7-12;/h2-5,10,12,14H,1,6-9H2;/q-2;. The van der Waals surface area contributed by atoms with Crippen molar-refractivity contribution in [3.63, 3.8) is 0 Å². The molecule has 0 amide bonds. The maximum absolute atomic E-state index is 4.04. The predicted octanol–water partition coefficient (Wildman–Crippen LogP) is 2.42. The summed E-state index contributed by atoms with van der Waals surface area (Å²) < 4.78 is 0. The molecular formula is C13H17NY-2. The molecule has 79 valence electrons. The molecule has 1 aromatic carbocycles. The Balaban J connectivity index is 0.00000112. The second-order valence-corrected chi connectivity index (χ2v) is 3.95. The van der Waals surface area contributed by atoms with Crippen LogP contribution in [0.5, 0.6) is 0 Å². The van der Waals surface area contributed by atoms with Crippen molar-refractivity contribution in [2.75, 3.05) is 13.1 Å². The van der Waals surface area contributed by atoms with Crippen LogP contribution in [-0.4, -0.2) is 13.1 Å². The van der Waals surface area contributed by atoms with Gasteiger partial charge in [-0.2, -0.15) is 0 Å². The second kappa shape index (κ2) is 6.57. The Labute approximate surface area is 118 Å². The van der Waals surface area contributed by atoms with Crippen LogP contribution >= 0.6 is 0 Å². The van der Waals surface area contributed by atoms with Crippen LogP contribution in [0.2, 0.25) is 0 Å². The number of piperidine rings is 1. The maximum Gasteiger partial charge on any atom is 0 e. The van der Waals surface area contributed by atoms with Gasteiger partial charge in [-0.3, -0.25) is 18.1 Å². The first-order valence-corrected chi connectivity index (χ1v) is 5.33. The van der Waals surface area contributed by atoms with Crippen molar-refractivity contribution >= 4 is 0 Å². The van der Waals surface area contributed by atoms with E-state index in [2.05, 4.69) is 36.9 Å². The number of nitrogens with one attached hydrogen (secondary N) is 1. The van der Waals surface area contributed by atoms with E-state index in [0.717, 1.165) is 24.6 Å². The Morgan fingerprint density at radius 3 is 2.53 bits per heavy atom. The van der Waals surface area contributed by atoms with Gasteiger partial charge in [0.25, 0.3) is 0 Å². The average Bonchev–Trinajstić information content (AvgIpc) is 2.23. The van der Waals surface area contributed by atoms with Crippen molar-refractivity contribution in [2.45, 2.75) is 12.8 Å². The third-order valence-electron chi connectivity index (χ3n) is 2.85. The van der Waals surface area contributed by atoms with Crippen molar-refractivity contribution in [3.05, 3.63) is 48.7 Å². The van der Waals surface area contributed by atoms with Crippen LogP contribution in [0.15, 0.2) is 24.3 Å². The van der Waals surface area contributed by atoms with E-state index in [0.29, 0.717) is 0 Å². The number of rotatable bonds is 2. The molecular weight excluding hydrogens is 259 g/mol. The van der Waals surface area contributed by atoms with Gasteiger partial charge in [-0.1, -0.05) is 5.92 Å². The smallest absolute Gasteiger partial charge is 0 e. The second-order valence-electron chi connectivity index (χ2n) is 3.95. The number of hydrogen-bond donors (Lipinski definition) is 1. The summed E-state index contributed by atoms with van der Waals surface area (Å²) in [6.45, 7) is 6.35. The quantitative estimate of drug-likeness (QED) is 0.818. The van der Waals surface area contributed by atoms with E-state index >= 15 is 0 Å². The van der Waals surface area contributed by atoms with Gasteiger partial charge in [-0.25, -0.2) is 18.6 Å². The molecule has 0 aliphatic carbocycles. The minimum atomic E-state index is 0. The predicted molar refractivity (Wildman–Crippen MR) is 59.9 cm³/mol. The van der Waals surface area contributed by atoms with E-state index in [4.69, 9.17) is 0 Å². The van der Waals surface area contributed by atoms with E-state index in [1.54, 1.807) is 0 Å². The molecule has 1 fully saturated rings. The fourth-order valence-electron chi connectivity index (χ4n) is 1.96. The Hall–Kier alpha value is 0.0239. The summed E-state index contributed by atoms with van der Waals surface area (Å²) in [6, 6.07) is 8.36. The maximum atomic E-state index is 4.04. The van der Waals surface area contributed by atoms with Crippen LogP contribution in [0, 0.1) is 19.3 Å². The van der Waals surface area contributed by atoms with Gasteiger partial charge in [0.05, 0.1) is 0 Å². The van der Waals surface area contributed by atoms with Crippen LogP contribution < -0.4 is 5.32 Å². The third-order valence-corrected chi connectivity index (χ3v) is 2.85. The molecule has 1 aromatic rings. The van der Waals surface area contributed by atoms with E-state index in [1.165, 1.54) is 18.4 Å². The summed E-state index contributed by atoms with van der Waals surface area (Å²) in [7, 11) is 0. The van der Waals surface area contributed by atoms with Gasteiger partial charge in [-0.05, 0) is 25.9 Å². The topological polar surface area (TPSA) is 12.0 Å². The van der Waals surface area contributed by atoms with Gasteiger partial charge in [0.2, 0.25) is 0 Å². The molecule has 1 heterocycles. The summed E-state index contributed by atoms with van der Waals surface area (Å²) in [5.41, 5.74) is 2.45. The van der Waals surface area contributed by atoms with Crippen molar-refractivity contribution in [1.82, 2.24) is 5.32 Å². The minimum Gasteiger partial charge on any atom is -0.317 e. The molecule has 15 heavy (non-hydrogen) atoms. The van der Waals surface area contributed by atoms with E-state index in [9.17, 15) is 0 Å². The molecule has 1 aliphatic heterocycles.